The Hall–Kier alpha value is -1.99. The van der Waals surface area contributed by atoms with Crippen LogP contribution in [0, 0.1) is 12.8 Å². The molecule has 3 rings (SSSR count). The van der Waals surface area contributed by atoms with Crippen LogP contribution in [-0.2, 0) is 4.79 Å². The lowest BCUT2D eigenvalue weighted by atomic mass is 9.95. The first-order chi connectivity index (χ1) is 12.6. The van der Waals surface area contributed by atoms with Crippen molar-refractivity contribution in [3.8, 4) is 0 Å². The Balaban J connectivity index is 1.71. The topological polar surface area (TPSA) is 57.3 Å². The van der Waals surface area contributed by atoms with Gasteiger partial charge in [-0.3, -0.25) is 9.78 Å². The molecule has 2 aromatic rings. The first-order valence-electron chi connectivity index (χ1n) is 8.82. The molecule has 2 N–H and O–H groups in total. The molecule has 2 aromatic heterocycles. The second kappa shape index (κ2) is 8.60. The molecule has 1 aliphatic rings. The molecule has 1 atom stereocenters. The van der Waals surface area contributed by atoms with Crippen molar-refractivity contribution in [3.05, 3.63) is 52.0 Å². The molecule has 1 aliphatic heterocycles. The average Bonchev–Trinajstić information content (AvgIpc) is 3.20. The molecular weight excluding hydrogens is 364 g/mol. The molecule has 7 heteroatoms. The van der Waals surface area contributed by atoms with E-state index in [1.165, 1.54) is 0 Å². The summed E-state index contributed by atoms with van der Waals surface area (Å²) in [6, 6.07) is 7.82. The number of carbonyl (C=O) groups is 1. The molecule has 26 heavy (non-hydrogen) atoms. The average molecular weight is 389 g/mol. The van der Waals surface area contributed by atoms with Crippen molar-refractivity contribution in [2.45, 2.75) is 25.8 Å². The van der Waals surface area contributed by atoms with Crippen molar-refractivity contribution < 1.29 is 4.79 Å². The van der Waals surface area contributed by atoms with Gasteiger partial charge in [0.15, 0.2) is 5.11 Å². The number of rotatable bonds is 4. The third-order valence-electron chi connectivity index (χ3n) is 4.80. The molecule has 138 valence electrons. The number of amides is 1. The maximum atomic E-state index is 12.9. The maximum Gasteiger partial charge on any atom is 0.224 e. The molecule has 5 nitrogen and oxygen atoms in total. The van der Waals surface area contributed by atoms with Gasteiger partial charge in [-0.1, -0.05) is 12.1 Å². The largest absolute Gasteiger partial charge is 0.366 e. The van der Waals surface area contributed by atoms with Gasteiger partial charge in [-0.05, 0) is 55.1 Å². The van der Waals surface area contributed by atoms with E-state index in [0.717, 1.165) is 47.2 Å². The number of nitrogens with zero attached hydrogens (tertiary/aromatic N) is 2. The van der Waals surface area contributed by atoms with Gasteiger partial charge < -0.3 is 15.5 Å². The fourth-order valence-corrected chi connectivity index (χ4v) is 4.25. The van der Waals surface area contributed by atoms with E-state index in [4.69, 9.17) is 12.2 Å². The molecule has 1 fully saturated rings. The number of hydrogen-bond acceptors (Lipinski definition) is 4. The Morgan fingerprint density at radius 2 is 2.12 bits per heavy atom. The van der Waals surface area contributed by atoms with Gasteiger partial charge >= 0.3 is 0 Å². The number of carbonyl (C=O) groups excluding carboxylic acids is 1. The SMILES string of the molecule is CNC(=S)N1CCC(C(=O)NC(c2cccs2)c2ncccc2C)CC1. The predicted octanol–water partition coefficient (Wildman–Crippen LogP) is 2.87. The van der Waals surface area contributed by atoms with E-state index in [2.05, 4.69) is 26.6 Å². The Kier molecular flexibility index (Phi) is 6.21. The summed E-state index contributed by atoms with van der Waals surface area (Å²) in [4.78, 5) is 20.7. The third-order valence-corrected chi connectivity index (χ3v) is 6.20. The summed E-state index contributed by atoms with van der Waals surface area (Å²) in [5, 5.41) is 9.04. The van der Waals surface area contributed by atoms with E-state index in [0.29, 0.717) is 0 Å². The third kappa shape index (κ3) is 4.22. The van der Waals surface area contributed by atoms with E-state index in [1.807, 2.05) is 37.6 Å². The molecule has 0 aliphatic carbocycles. The van der Waals surface area contributed by atoms with Gasteiger partial charge in [0.2, 0.25) is 5.91 Å². The summed E-state index contributed by atoms with van der Waals surface area (Å²) >= 11 is 6.93. The van der Waals surface area contributed by atoms with Gasteiger partial charge in [0, 0.05) is 37.1 Å². The quantitative estimate of drug-likeness (QED) is 0.789. The van der Waals surface area contributed by atoms with E-state index in [9.17, 15) is 4.79 Å². The minimum absolute atomic E-state index is 0.0115. The van der Waals surface area contributed by atoms with Gasteiger partial charge in [-0.25, -0.2) is 0 Å². The molecule has 3 heterocycles. The highest BCUT2D eigenvalue weighted by atomic mass is 32.1. The van der Waals surface area contributed by atoms with Crippen molar-refractivity contribution in [1.29, 1.82) is 0 Å². The number of aromatic nitrogens is 1. The first-order valence-corrected chi connectivity index (χ1v) is 10.1. The summed E-state index contributed by atoms with van der Waals surface area (Å²) in [6.07, 6.45) is 3.41. The molecule has 1 amide bonds. The highest BCUT2D eigenvalue weighted by Crippen LogP contribution is 2.28. The molecule has 0 saturated carbocycles. The van der Waals surface area contributed by atoms with Gasteiger partial charge in [0.25, 0.3) is 0 Å². The van der Waals surface area contributed by atoms with E-state index >= 15 is 0 Å². The van der Waals surface area contributed by atoms with Gasteiger partial charge in [0.05, 0.1) is 5.69 Å². The zero-order chi connectivity index (χ0) is 18.5. The van der Waals surface area contributed by atoms with Crippen LogP contribution in [0.5, 0.6) is 0 Å². The Labute approximate surface area is 163 Å². The normalized spacial score (nSPS) is 16.2. The molecule has 0 bridgehead atoms. The Bertz CT molecular complexity index is 755. The smallest absolute Gasteiger partial charge is 0.224 e. The van der Waals surface area contributed by atoms with Crippen molar-refractivity contribution in [2.75, 3.05) is 20.1 Å². The summed E-state index contributed by atoms with van der Waals surface area (Å²) < 4.78 is 0. The zero-order valence-electron chi connectivity index (χ0n) is 15.1. The van der Waals surface area contributed by atoms with Crippen LogP contribution in [0.2, 0.25) is 0 Å². The Morgan fingerprint density at radius 1 is 1.35 bits per heavy atom. The fourth-order valence-electron chi connectivity index (χ4n) is 3.29. The van der Waals surface area contributed by atoms with Crippen LogP contribution in [0.3, 0.4) is 0 Å². The molecule has 1 unspecified atom stereocenters. The van der Waals surface area contributed by atoms with Crippen molar-refractivity contribution in [2.24, 2.45) is 5.92 Å². The lowest BCUT2D eigenvalue weighted by Gasteiger charge is -2.33. The standard InChI is InChI=1S/C19H24N4OS2/c1-13-5-3-9-21-16(13)17(15-6-4-12-26-15)22-18(24)14-7-10-23(11-8-14)19(25)20-2/h3-6,9,12,14,17H,7-8,10-11H2,1-2H3,(H,20,25)(H,22,24). The summed E-state index contributed by atoms with van der Waals surface area (Å²) in [5.41, 5.74) is 2.00. The van der Waals surface area contributed by atoms with Gasteiger partial charge in [-0.15, -0.1) is 11.3 Å². The summed E-state index contributed by atoms with van der Waals surface area (Å²) in [7, 11) is 1.84. The van der Waals surface area contributed by atoms with E-state index in [1.54, 1.807) is 17.5 Å². The molecule has 1 saturated heterocycles. The molecule has 0 spiro atoms. The van der Waals surface area contributed by atoms with Crippen LogP contribution in [0.1, 0.15) is 35.0 Å². The molecule has 0 radical (unpaired) electrons. The number of likely N-dealkylation sites (tertiary alicyclic amines) is 1. The van der Waals surface area contributed by atoms with Crippen LogP contribution in [-0.4, -0.2) is 41.0 Å². The number of pyridine rings is 1. The number of aryl methyl sites for hydroxylation is 1. The Morgan fingerprint density at radius 3 is 2.73 bits per heavy atom. The summed E-state index contributed by atoms with van der Waals surface area (Å²) in [6.45, 7) is 3.65. The number of thiophene rings is 1. The van der Waals surface area contributed by atoms with Crippen LogP contribution in [0.25, 0.3) is 0 Å². The number of hydrogen-bond donors (Lipinski definition) is 2. The van der Waals surface area contributed by atoms with Crippen LogP contribution >= 0.6 is 23.6 Å². The second-order valence-corrected chi connectivity index (χ2v) is 7.85. The van der Waals surface area contributed by atoms with Gasteiger partial charge in [-0.2, -0.15) is 0 Å². The minimum atomic E-state index is -0.194. The predicted molar refractivity (Wildman–Crippen MR) is 109 cm³/mol. The zero-order valence-corrected chi connectivity index (χ0v) is 16.7. The number of thiocarbonyl (C=S) groups is 1. The van der Waals surface area contributed by atoms with Crippen molar-refractivity contribution in [1.82, 2.24) is 20.5 Å². The van der Waals surface area contributed by atoms with Gasteiger partial charge in [0.1, 0.15) is 6.04 Å². The second-order valence-electron chi connectivity index (χ2n) is 6.48. The first kappa shape index (κ1) is 18.8. The molecular formula is C19H24N4OS2. The van der Waals surface area contributed by atoms with Crippen LogP contribution < -0.4 is 10.6 Å². The maximum absolute atomic E-state index is 12.9. The number of nitrogens with one attached hydrogen (secondary N) is 2. The van der Waals surface area contributed by atoms with Crippen LogP contribution in [0.15, 0.2) is 35.8 Å². The highest BCUT2D eigenvalue weighted by Gasteiger charge is 2.29. The minimum Gasteiger partial charge on any atom is -0.366 e. The summed E-state index contributed by atoms with van der Waals surface area (Å²) in [5.74, 6) is 0.112. The van der Waals surface area contributed by atoms with E-state index < -0.39 is 0 Å². The van der Waals surface area contributed by atoms with Crippen molar-refractivity contribution >= 4 is 34.6 Å². The monoisotopic (exact) mass is 388 g/mol. The van der Waals surface area contributed by atoms with Crippen LogP contribution in [0.4, 0.5) is 0 Å². The highest BCUT2D eigenvalue weighted by molar-refractivity contribution is 7.80. The lowest BCUT2D eigenvalue weighted by molar-refractivity contribution is -0.126. The fraction of sp³-hybridized carbons (Fsp3) is 0.421. The molecule has 0 aromatic carbocycles. The van der Waals surface area contributed by atoms with Crippen molar-refractivity contribution in [3.63, 3.8) is 0 Å². The number of piperidine rings is 1. The lowest BCUT2D eigenvalue weighted by Crippen LogP contribution is -2.46. The van der Waals surface area contributed by atoms with E-state index in [-0.39, 0.29) is 17.9 Å².